The topological polar surface area (TPSA) is 385 Å². The lowest BCUT2D eigenvalue weighted by Gasteiger charge is -2.46. The molecule has 0 saturated carbocycles. The number of hydrogen-bond acceptors (Lipinski definition) is 25. The van der Waals surface area contributed by atoms with Gasteiger partial charge in [-0.05, 0) is 0 Å². The molecule has 0 spiro atoms. The van der Waals surface area contributed by atoms with Gasteiger partial charge in [-0.2, -0.15) is 0 Å². The SMILES string of the molecule is OC[C@@H]1O[C@@H](O[C@@H]2[C@@H](O)[C@H](O[C@@H]3CO[C@@H](O[C@@H]4COC(O)[C@H](O)[C@H]4O[C@@H]4O[C@@H](CO)[C@H](O)[C@H]4O)[C@H](O)[C@H]3O[C@@H]3O[C@@H](CO)[C@H](O)[C@H]3O)OC[C@H]2O)[C@H](O)[C@H]1O. The lowest BCUT2D eigenvalue weighted by molar-refractivity contribution is -0.371. The van der Waals surface area contributed by atoms with Crippen molar-refractivity contribution in [2.75, 3.05) is 39.6 Å². The standard InChI is InChI=1S/C30H50O25/c31-1-8-13(35)16(38)28(48-8)53-22-7(34)4-46-26(20(22)42)52-12-6-47-27(21(43)24(12)55-30-18(40)15(37)10(3-33)50-30)51-11-5-45-25(44)19(41)23(11)54-29-17(39)14(36)9(2-32)49-29/h7-44H,1-6H2/t7-,8+,9+,10+,11-,12-,13+,14+,15+,16-,17-,18-,19-,20-,21-,22+,23+,24+,25?,26+,27+,28+,29+,30+/m1/s1. The van der Waals surface area contributed by atoms with Crippen molar-refractivity contribution >= 4 is 0 Å². The maximum Gasteiger partial charge on any atom is 0.187 e. The third-order valence-corrected chi connectivity index (χ3v) is 10.2. The van der Waals surface area contributed by atoms with Gasteiger partial charge in [0.15, 0.2) is 37.7 Å². The van der Waals surface area contributed by atoms with Crippen LogP contribution in [0.1, 0.15) is 0 Å². The van der Waals surface area contributed by atoms with Gasteiger partial charge < -0.3 is 124 Å². The van der Waals surface area contributed by atoms with Gasteiger partial charge in [0.25, 0.3) is 0 Å². The van der Waals surface area contributed by atoms with E-state index in [1.54, 1.807) is 0 Å². The molecule has 6 heterocycles. The minimum atomic E-state index is -1.93. The molecule has 0 bridgehead atoms. The van der Waals surface area contributed by atoms with E-state index in [4.69, 9.17) is 52.1 Å². The first kappa shape index (κ1) is 43.6. The molecule has 6 aliphatic rings. The van der Waals surface area contributed by atoms with Crippen molar-refractivity contribution in [3.63, 3.8) is 0 Å². The Balaban J connectivity index is 1.17. The Kier molecular flexibility index (Phi) is 14.7. The average molecular weight is 811 g/mol. The first-order chi connectivity index (χ1) is 26.2. The highest BCUT2D eigenvalue weighted by Crippen LogP contribution is 2.34. The summed E-state index contributed by atoms with van der Waals surface area (Å²) in [6.45, 7) is -3.68. The molecule has 0 amide bonds. The first-order valence-electron chi connectivity index (χ1n) is 17.6. The highest BCUT2D eigenvalue weighted by Gasteiger charge is 2.55. The van der Waals surface area contributed by atoms with Crippen LogP contribution in [-0.4, -0.2) is 259 Å². The Morgan fingerprint density at radius 3 is 1.15 bits per heavy atom. The van der Waals surface area contributed by atoms with E-state index in [1.165, 1.54) is 0 Å². The van der Waals surface area contributed by atoms with Crippen molar-refractivity contribution < 1.29 is 124 Å². The van der Waals surface area contributed by atoms with Gasteiger partial charge in [-0.3, -0.25) is 0 Å². The predicted octanol–water partition coefficient (Wildman–Crippen LogP) is -10.3. The number of aliphatic hydroxyl groups excluding tert-OH is 14. The second kappa shape index (κ2) is 18.5. The Morgan fingerprint density at radius 1 is 0.364 bits per heavy atom. The summed E-state index contributed by atoms with van der Waals surface area (Å²) in [7, 11) is 0. The normalized spacial score (nSPS) is 53.6. The number of hydrogen-bond donors (Lipinski definition) is 14. The van der Waals surface area contributed by atoms with E-state index in [0.717, 1.165) is 0 Å². The van der Waals surface area contributed by atoms with Gasteiger partial charge in [-0.25, -0.2) is 0 Å². The zero-order chi connectivity index (χ0) is 39.9. The molecule has 25 heteroatoms. The van der Waals surface area contributed by atoms with E-state index in [1.807, 2.05) is 0 Å². The van der Waals surface area contributed by atoms with Crippen molar-refractivity contribution in [2.24, 2.45) is 0 Å². The number of aliphatic hydroxyl groups is 14. The molecular weight excluding hydrogens is 760 g/mol. The second-order valence-corrected chi connectivity index (χ2v) is 13.9. The molecule has 25 nitrogen and oxygen atoms in total. The van der Waals surface area contributed by atoms with Crippen molar-refractivity contribution in [3.05, 3.63) is 0 Å². The van der Waals surface area contributed by atoms with Crippen molar-refractivity contribution in [1.82, 2.24) is 0 Å². The van der Waals surface area contributed by atoms with Gasteiger partial charge in [0.2, 0.25) is 0 Å². The van der Waals surface area contributed by atoms with Crippen LogP contribution in [0.15, 0.2) is 0 Å². The van der Waals surface area contributed by atoms with E-state index < -0.39 is 187 Å². The highest BCUT2D eigenvalue weighted by atomic mass is 16.8. The summed E-state index contributed by atoms with van der Waals surface area (Å²) in [5.41, 5.74) is 0. The first-order valence-corrected chi connectivity index (χ1v) is 17.6. The van der Waals surface area contributed by atoms with Crippen molar-refractivity contribution in [2.45, 2.75) is 148 Å². The van der Waals surface area contributed by atoms with E-state index in [9.17, 15) is 71.5 Å². The Hall–Kier alpha value is -1.00. The molecule has 320 valence electrons. The third kappa shape index (κ3) is 8.97. The fourth-order valence-corrected chi connectivity index (χ4v) is 7.02. The van der Waals surface area contributed by atoms with Crippen molar-refractivity contribution in [3.8, 4) is 0 Å². The lowest BCUT2D eigenvalue weighted by atomic mass is 10.0. The van der Waals surface area contributed by atoms with Crippen LogP contribution in [0.4, 0.5) is 0 Å². The van der Waals surface area contributed by atoms with Crippen LogP contribution in [0.2, 0.25) is 0 Å². The summed E-state index contributed by atoms with van der Waals surface area (Å²) < 4.78 is 61.3. The van der Waals surface area contributed by atoms with Gasteiger partial charge in [0.05, 0.1) is 39.6 Å². The van der Waals surface area contributed by atoms with E-state index in [2.05, 4.69) is 0 Å². The van der Waals surface area contributed by atoms with Gasteiger partial charge in [0.1, 0.15) is 110 Å². The molecule has 14 N–H and O–H groups in total. The molecule has 6 saturated heterocycles. The van der Waals surface area contributed by atoms with Crippen LogP contribution in [-0.2, 0) is 52.1 Å². The van der Waals surface area contributed by atoms with Crippen LogP contribution >= 0.6 is 0 Å². The molecule has 24 atom stereocenters. The molecule has 6 fully saturated rings. The fraction of sp³-hybridized carbons (Fsp3) is 1.00. The van der Waals surface area contributed by atoms with Gasteiger partial charge in [0, 0.05) is 0 Å². The van der Waals surface area contributed by atoms with Crippen LogP contribution in [0, 0.1) is 0 Å². The molecule has 0 aromatic rings. The Labute approximate surface area is 311 Å². The minimum Gasteiger partial charge on any atom is -0.394 e. The molecular formula is C30H50O25. The maximum absolute atomic E-state index is 11.6. The molecule has 0 aromatic carbocycles. The van der Waals surface area contributed by atoms with Gasteiger partial charge in [-0.1, -0.05) is 0 Å². The van der Waals surface area contributed by atoms with Crippen molar-refractivity contribution in [1.29, 1.82) is 0 Å². The van der Waals surface area contributed by atoms with E-state index in [-0.39, 0.29) is 0 Å². The Morgan fingerprint density at radius 2 is 0.727 bits per heavy atom. The predicted molar refractivity (Wildman–Crippen MR) is 163 cm³/mol. The summed E-state index contributed by atoms with van der Waals surface area (Å²) in [6, 6.07) is 0. The lowest BCUT2D eigenvalue weighted by Crippen LogP contribution is -2.63. The number of ether oxygens (including phenoxy) is 11. The molecule has 1 unspecified atom stereocenters. The summed E-state index contributed by atoms with van der Waals surface area (Å²) >= 11 is 0. The summed E-state index contributed by atoms with van der Waals surface area (Å²) in [5.74, 6) is 0. The van der Waals surface area contributed by atoms with Gasteiger partial charge in [-0.15, -0.1) is 0 Å². The molecule has 0 aromatic heterocycles. The third-order valence-electron chi connectivity index (χ3n) is 10.2. The minimum absolute atomic E-state index is 0.508. The van der Waals surface area contributed by atoms with E-state index >= 15 is 0 Å². The summed E-state index contributed by atoms with van der Waals surface area (Å²) in [6.07, 6.45) is -38.6. The molecule has 6 rings (SSSR count). The summed E-state index contributed by atoms with van der Waals surface area (Å²) in [4.78, 5) is 0. The molecule has 6 aliphatic heterocycles. The van der Waals surface area contributed by atoms with Crippen LogP contribution in [0.5, 0.6) is 0 Å². The van der Waals surface area contributed by atoms with Crippen LogP contribution in [0.25, 0.3) is 0 Å². The van der Waals surface area contributed by atoms with E-state index in [0.29, 0.717) is 0 Å². The van der Waals surface area contributed by atoms with Crippen LogP contribution in [0.3, 0.4) is 0 Å². The highest BCUT2D eigenvalue weighted by molar-refractivity contribution is 4.96. The second-order valence-electron chi connectivity index (χ2n) is 13.9. The average Bonchev–Trinajstić information content (AvgIpc) is 3.72. The molecule has 0 aliphatic carbocycles. The Bertz CT molecular complexity index is 1210. The zero-order valence-electron chi connectivity index (χ0n) is 28.9. The smallest absolute Gasteiger partial charge is 0.187 e. The fourth-order valence-electron chi connectivity index (χ4n) is 7.02. The molecule has 55 heavy (non-hydrogen) atoms. The number of rotatable bonds is 13. The molecule has 0 radical (unpaired) electrons. The van der Waals surface area contributed by atoms with Gasteiger partial charge >= 0.3 is 0 Å². The quantitative estimate of drug-likeness (QED) is 0.0821. The summed E-state index contributed by atoms with van der Waals surface area (Å²) in [5, 5.41) is 145. The largest absolute Gasteiger partial charge is 0.394 e. The zero-order valence-corrected chi connectivity index (χ0v) is 28.9. The monoisotopic (exact) mass is 810 g/mol. The van der Waals surface area contributed by atoms with Crippen LogP contribution < -0.4 is 0 Å². The maximum atomic E-state index is 11.6.